The molecule has 1 saturated heterocycles. The Morgan fingerprint density at radius 3 is 2.47 bits per heavy atom. The van der Waals surface area contributed by atoms with Gasteiger partial charge in [0.05, 0.1) is 23.5 Å². The van der Waals surface area contributed by atoms with Gasteiger partial charge in [0.25, 0.3) is 0 Å². The van der Waals surface area contributed by atoms with E-state index in [-0.39, 0.29) is 32.5 Å². The maximum atomic E-state index is 12.9. The summed E-state index contributed by atoms with van der Waals surface area (Å²) in [6.07, 6.45) is -4.25. The topological polar surface area (TPSA) is 72.9 Å². The Morgan fingerprint density at radius 1 is 1.16 bits per heavy atom. The number of carbonyl (C=O) groups excluding carboxylic acids is 1. The number of hydrogen-bond acceptors (Lipinski definition) is 5. The highest BCUT2D eigenvalue weighted by molar-refractivity contribution is 7.89. The van der Waals surface area contributed by atoms with E-state index in [1.165, 1.54) is 7.11 Å². The van der Waals surface area contributed by atoms with Crippen molar-refractivity contribution in [3.05, 3.63) is 58.6 Å². The third-order valence-corrected chi connectivity index (χ3v) is 7.33. The normalized spacial score (nSPS) is 16.0. The molecule has 0 radical (unpaired) electrons. The number of rotatable bonds is 6. The number of alkyl halides is 3. The Hall–Kier alpha value is -2.30. The maximum Gasteiger partial charge on any atom is 0.416 e. The maximum absolute atomic E-state index is 12.9. The van der Waals surface area contributed by atoms with Crippen LogP contribution in [0.3, 0.4) is 0 Å². The van der Waals surface area contributed by atoms with Gasteiger partial charge in [0.2, 0.25) is 10.0 Å². The first-order valence-electron chi connectivity index (χ1n) is 9.69. The molecular formula is C21H21ClF3NO5S. The minimum Gasteiger partial charge on any atom is -0.496 e. The van der Waals surface area contributed by atoms with Gasteiger partial charge < -0.3 is 9.47 Å². The lowest BCUT2D eigenvalue weighted by molar-refractivity contribution is -0.151. The summed E-state index contributed by atoms with van der Waals surface area (Å²) >= 11 is 5.96. The fourth-order valence-electron chi connectivity index (χ4n) is 3.44. The Labute approximate surface area is 188 Å². The van der Waals surface area contributed by atoms with Crippen LogP contribution < -0.4 is 4.74 Å². The van der Waals surface area contributed by atoms with E-state index < -0.39 is 38.5 Å². The lowest BCUT2D eigenvalue weighted by Crippen LogP contribution is -2.40. The molecule has 0 aromatic heterocycles. The van der Waals surface area contributed by atoms with Gasteiger partial charge in [-0.3, -0.25) is 4.79 Å². The van der Waals surface area contributed by atoms with Crippen LogP contribution in [0.25, 0.3) is 0 Å². The van der Waals surface area contributed by atoms with E-state index in [0.717, 1.165) is 22.5 Å². The largest absolute Gasteiger partial charge is 0.496 e. The van der Waals surface area contributed by atoms with Crippen LogP contribution in [0, 0.1) is 5.92 Å². The molecule has 2 aromatic carbocycles. The van der Waals surface area contributed by atoms with Crippen LogP contribution in [-0.2, 0) is 32.3 Å². The van der Waals surface area contributed by atoms with E-state index in [0.29, 0.717) is 22.4 Å². The number of methoxy groups -OCH3 is 1. The zero-order valence-corrected chi connectivity index (χ0v) is 18.6. The minimum atomic E-state index is -4.64. The molecule has 2 aromatic rings. The van der Waals surface area contributed by atoms with Crippen LogP contribution in [0.1, 0.15) is 24.0 Å². The second kappa shape index (κ2) is 9.68. The molecule has 11 heteroatoms. The second-order valence-corrected chi connectivity index (χ2v) is 9.64. The molecule has 0 spiro atoms. The Kier molecular flexibility index (Phi) is 7.36. The van der Waals surface area contributed by atoms with Gasteiger partial charge in [0, 0.05) is 23.7 Å². The van der Waals surface area contributed by atoms with Crippen molar-refractivity contribution in [2.24, 2.45) is 5.92 Å². The summed E-state index contributed by atoms with van der Waals surface area (Å²) in [6, 6.07) is 8.55. The average molecular weight is 492 g/mol. The number of ether oxygens (including phenoxy) is 2. The summed E-state index contributed by atoms with van der Waals surface area (Å²) in [5.41, 5.74) is -0.439. The summed E-state index contributed by atoms with van der Waals surface area (Å²) in [5.74, 6) is -0.486. The number of esters is 1. The van der Waals surface area contributed by atoms with Crippen molar-refractivity contribution in [2.45, 2.75) is 30.5 Å². The van der Waals surface area contributed by atoms with Gasteiger partial charge in [-0.15, -0.1) is 0 Å². The number of sulfonamides is 1. The Morgan fingerprint density at radius 2 is 1.84 bits per heavy atom. The first-order valence-corrected chi connectivity index (χ1v) is 11.5. The van der Waals surface area contributed by atoms with Crippen LogP contribution in [0.15, 0.2) is 47.4 Å². The average Bonchev–Trinajstić information content (AvgIpc) is 2.77. The van der Waals surface area contributed by atoms with Crippen LogP contribution in [0.4, 0.5) is 13.2 Å². The number of halogens is 4. The SMILES string of the molecule is COc1ccc(Cl)cc1COC(=O)C1CCN(S(=O)(=O)c2cccc(C(F)(F)F)c2)CC1. The molecular weight excluding hydrogens is 471 g/mol. The van der Waals surface area contributed by atoms with Crippen molar-refractivity contribution in [3.63, 3.8) is 0 Å². The van der Waals surface area contributed by atoms with Crippen molar-refractivity contribution in [1.82, 2.24) is 4.31 Å². The lowest BCUT2D eigenvalue weighted by atomic mass is 9.98. The molecule has 0 atom stereocenters. The number of carbonyl (C=O) groups is 1. The summed E-state index contributed by atoms with van der Waals surface area (Å²) in [5, 5.41) is 0.463. The number of hydrogen-bond donors (Lipinski definition) is 0. The summed E-state index contributed by atoms with van der Waals surface area (Å²) < 4.78 is 76.0. The van der Waals surface area contributed by atoms with E-state index in [1.807, 2.05) is 0 Å². The fraction of sp³-hybridized carbons (Fsp3) is 0.381. The van der Waals surface area contributed by atoms with Crippen LogP contribution in [-0.4, -0.2) is 38.9 Å². The van der Waals surface area contributed by atoms with E-state index >= 15 is 0 Å². The third kappa shape index (κ3) is 5.54. The predicted molar refractivity (Wildman–Crippen MR) is 111 cm³/mol. The predicted octanol–water partition coefficient (Wildman–Crippen LogP) is 4.51. The van der Waals surface area contributed by atoms with Crippen molar-refractivity contribution >= 4 is 27.6 Å². The van der Waals surface area contributed by atoms with Gasteiger partial charge in [-0.2, -0.15) is 17.5 Å². The number of nitrogens with zero attached hydrogens (tertiary/aromatic N) is 1. The summed E-state index contributed by atoms with van der Waals surface area (Å²) in [4.78, 5) is 12.0. The molecule has 1 heterocycles. The van der Waals surface area contributed by atoms with Gasteiger partial charge >= 0.3 is 12.1 Å². The molecule has 3 rings (SSSR count). The quantitative estimate of drug-likeness (QED) is 0.556. The molecule has 0 N–H and O–H groups in total. The summed E-state index contributed by atoms with van der Waals surface area (Å²) in [6.45, 7) is -0.0526. The zero-order chi connectivity index (χ0) is 23.5. The minimum absolute atomic E-state index is 0.00116. The monoisotopic (exact) mass is 491 g/mol. The highest BCUT2D eigenvalue weighted by Gasteiger charge is 2.35. The molecule has 1 aliphatic heterocycles. The van der Waals surface area contributed by atoms with Crippen LogP contribution in [0.5, 0.6) is 5.75 Å². The molecule has 1 fully saturated rings. The van der Waals surface area contributed by atoms with Crippen molar-refractivity contribution < 1.29 is 35.9 Å². The highest BCUT2D eigenvalue weighted by atomic mass is 35.5. The van der Waals surface area contributed by atoms with Crippen molar-refractivity contribution in [1.29, 1.82) is 0 Å². The molecule has 0 aliphatic carbocycles. The summed E-state index contributed by atoms with van der Waals surface area (Å²) in [7, 11) is -2.63. The Bertz CT molecular complexity index is 1080. The van der Waals surface area contributed by atoms with Crippen molar-refractivity contribution in [2.75, 3.05) is 20.2 Å². The number of piperidine rings is 1. The molecule has 174 valence electrons. The number of benzene rings is 2. The molecule has 0 amide bonds. The van der Waals surface area contributed by atoms with E-state index in [2.05, 4.69) is 0 Å². The third-order valence-electron chi connectivity index (χ3n) is 5.20. The lowest BCUT2D eigenvalue weighted by Gasteiger charge is -2.30. The smallest absolute Gasteiger partial charge is 0.416 e. The second-order valence-electron chi connectivity index (χ2n) is 7.27. The molecule has 0 bridgehead atoms. The zero-order valence-electron chi connectivity index (χ0n) is 17.1. The molecule has 1 aliphatic rings. The van der Waals surface area contributed by atoms with Gasteiger partial charge in [-0.1, -0.05) is 17.7 Å². The molecule has 32 heavy (non-hydrogen) atoms. The van der Waals surface area contributed by atoms with Gasteiger partial charge in [0.15, 0.2) is 0 Å². The fourth-order valence-corrected chi connectivity index (χ4v) is 5.15. The highest BCUT2D eigenvalue weighted by Crippen LogP contribution is 2.32. The first-order chi connectivity index (χ1) is 15.0. The van der Waals surface area contributed by atoms with E-state index in [4.69, 9.17) is 21.1 Å². The van der Waals surface area contributed by atoms with E-state index in [9.17, 15) is 26.4 Å². The van der Waals surface area contributed by atoms with E-state index in [1.54, 1.807) is 18.2 Å². The van der Waals surface area contributed by atoms with Gasteiger partial charge in [0.1, 0.15) is 12.4 Å². The van der Waals surface area contributed by atoms with Crippen LogP contribution >= 0.6 is 11.6 Å². The van der Waals surface area contributed by atoms with Crippen molar-refractivity contribution in [3.8, 4) is 5.75 Å². The standard InChI is InChI=1S/C21H21ClF3NO5S/c1-30-19-6-5-17(22)11-15(19)13-31-20(27)14-7-9-26(10-8-14)32(28,29)18-4-2-3-16(12-18)21(23,24)25/h2-6,11-12,14H,7-10,13H2,1H3. The van der Waals surface area contributed by atoms with Gasteiger partial charge in [-0.25, -0.2) is 8.42 Å². The first kappa shape index (κ1) is 24.3. The van der Waals surface area contributed by atoms with Crippen LogP contribution in [0.2, 0.25) is 5.02 Å². The Balaban J connectivity index is 1.61. The van der Waals surface area contributed by atoms with Gasteiger partial charge in [-0.05, 0) is 49.2 Å². The molecule has 6 nitrogen and oxygen atoms in total. The molecule has 0 saturated carbocycles. The molecule has 0 unspecified atom stereocenters.